The Kier molecular flexibility index (Phi) is 5.80. The van der Waals surface area contributed by atoms with Gasteiger partial charge in [0, 0.05) is 6.42 Å². The number of carboxylic acids is 1. The zero-order valence-corrected chi connectivity index (χ0v) is 18.3. The molecule has 1 atom stereocenters. The molecule has 2 heterocycles. The van der Waals surface area contributed by atoms with Crippen molar-refractivity contribution in [1.82, 2.24) is 9.55 Å². The van der Waals surface area contributed by atoms with Crippen LogP contribution in [-0.4, -0.2) is 20.6 Å². The lowest BCUT2D eigenvalue weighted by Crippen LogP contribution is -2.37. The number of hydrogen-bond acceptors (Lipinski definition) is 4. The Morgan fingerprint density at radius 3 is 2.59 bits per heavy atom. The van der Waals surface area contributed by atoms with Crippen molar-refractivity contribution in [3.05, 3.63) is 103 Å². The number of aryl methyl sites for hydroxylation is 1. The van der Waals surface area contributed by atoms with E-state index in [9.17, 15) is 14.4 Å². The Bertz CT molecular complexity index is 1500. The maximum absolute atomic E-state index is 13.1. The molecule has 0 saturated heterocycles. The molecule has 2 N–H and O–H groups in total. The molecule has 7 heteroatoms. The first-order valence-electron chi connectivity index (χ1n) is 9.99. The quantitative estimate of drug-likeness (QED) is 0.466. The highest BCUT2D eigenvalue weighted by atomic mass is 32.1. The molecule has 4 aromatic rings. The summed E-state index contributed by atoms with van der Waals surface area (Å²) in [6.07, 6.45) is 0.597. The van der Waals surface area contributed by atoms with Gasteiger partial charge in [0.05, 0.1) is 21.9 Å². The lowest BCUT2D eigenvalue weighted by atomic mass is 10.1. The number of hydrogen-bond donors (Lipinski definition) is 2. The Hall–Kier alpha value is -3.89. The molecule has 160 valence electrons. The summed E-state index contributed by atoms with van der Waals surface area (Å²) in [4.78, 5) is 40.8. The zero-order valence-electron chi connectivity index (χ0n) is 17.5. The number of benzene rings is 2. The van der Waals surface area contributed by atoms with Crippen molar-refractivity contribution in [1.29, 1.82) is 0 Å². The molecule has 0 aliphatic rings. The SMILES string of the molecule is Cc1cccc(CC#Cc2cc3c(=O)n(C(C)c4ccc(C(=O)O)cc4)c(=O)[nH]c3s2)c1. The van der Waals surface area contributed by atoms with Crippen LogP contribution in [0.2, 0.25) is 0 Å². The summed E-state index contributed by atoms with van der Waals surface area (Å²) in [6, 6.07) is 15.4. The van der Waals surface area contributed by atoms with Crippen molar-refractivity contribution in [3.8, 4) is 11.8 Å². The van der Waals surface area contributed by atoms with E-state index < -0.39 is 23.3 Å². The monoisotopic (exact) mass is 444 g/mol. The molecule has 2 aromatic carbocycles. The summed E-state index contributed by atoms with van der Waals surface area (Å²) in [7, 11) is 0. The first-order valence-corrected chi connectivity index (χ1v) is 10.8. The summed E-state index contributed by atoms with van der Waals surface area (Å²) in [5.41, 5.74) is 2.19. The van der Waals surface area contributed by atoms with Crippen LogP contribution in [0.15, 0.2) is 64.2 Å². The molecule has 1 unspecified atom stereocenters. The van der Waals surface area contributed by atoms with Crippen LogP contribution >= 0.6 is 11.3 Å². The van der Waals surface area contributed by atoms with Gasteiger partial charge in [0.15, 0.2) is 0 Å². The van der Waals surface area contributed by atoms with E-state index in [0.717, 1.165) is 10.1 Å². The van der Waals surface area contributed by atoms with E-state index in [1.165, 1.54) is 29.0 Å². The van der Waals surface area contributed by atoms with Crippen molar-refractivity contribution in [2.24, 2.45) is 0 Å². The topological polar surface area (TPSA) is 92.2 Å². The highest BCUT2D eigenvalue weighted by Gasteiger charge is 2.17. The molecule has 0 spiro atoms. The smallest absolute Gasteiger partial charge is 0.335 e. The summed E-state index contributed by atoms with van der Waals surface area (Å²) in [5.74, 6) is 5.19. The first-order chi connectivity index (χ1) is 15.3. The largest absolute Gasteiger partial charge is 0.478 e. The summed E-state index contributed by atoms with van der Waals surface area (Å²) in [6.45, 7) is 3.76. The van der Waals surface area contributed by atoms with Crippen LogP contribution in [0.25, 0.3) is 10.2 Å². The number of nitrogens with zero attached hydrogens (tertiary/aromatic N) is 1. The lowest BCUT2D eigenvalue weighted by molar-refractivity contribution is 0.0697. The minimum absolute atomic E-state index is 0.143. The Morgan fingerprint density at radius 2 is 1.91 bits per heavy atom. The summed E-state index contributed by atoms with van der Waals surface area (Å²) < 4.78 is 1.15. The lowest BCUT2D eigenvalue weighted by Gasteiger charge is -2.14. The normalized spacial score (nSPS) is 11.7. The van der Waals surface area contributed by atoms with Crippen LogP contribution in [0.4, 0.5) is 0 Å². The maximum Gasteiger partial charge on any atom is 0.335 e. The number of aromatic carboxylic acids is 1. The van der Waals surface area contributed by atoms with E-state index in [1.54, 1.807) is 25.1 Å². The van der Waals surface area contributed by atoms with Crippen molar-refractivity contribution < 1.29 is 9.90 Å². The molecule has 32 heavy (non-hydrogen) atoms. The summed E-state index contributed by atoms with van der Waals surface area (Å²) in [5, 5.41) is 9.46. The predicted molar refractivity (Wildman–Crippen MR) is 126 cm³/mol. The molecule has 2 aromatic heterocycles. The van der Waals surface area contributed by atoms with Gasteiger partial charge < -0.3 is 5.11 Å². The first kappa shape index (κ1) is 21.3. The number of aromatic nitrogens is 2. The van der Waals surface area contributed by atoms with Gasteiger partial charge in [-0.1, -0.05) is 53.8 Å². The van der Waals surface area contributed by atoms with E-state index in [2.05, 4.69) is 22.9 Å². The van der Waals surface area contributed by atoms with Crippen molar-refractivity contribution in [2.75, 3.05) is 0 Å². The standard InChI is InChI=1S/C25H20N2O4S/c1-15-5-3-6-17(13-15)7-4-8-20-14-21-22(32-20)26-25(31)27(23(21)28)16(2)18-9-11-19(12-10-18)24(29)30/h3,5-6,9-14,16H,7H2,1-2H3,(H,26,31)(H,29,30). The number of carbonyl (C=O) groups is 1. The van der Waals surface area contributed by atoms with E-state index in [0.29, 0.717) is 27.1 Å². The predicted octanol–water partition coefficient (Wildman–Crippen LogP) is 3.96. The molecular weight excluding hydrogens is 424 g/mol. The molecule has 0 saturated carbocycles. The van der Waals surface area contributed by atoms with E-state index >= 15 is 0 Å². The summed E-state index contributed by atoms with van der Waals surface area (Å²) >= 11 is 1.28. The second-order valence-corrected chi connectivity index (χ2v) is 8.58. The van der Waals surface area contributed by atoms with Gasteiger partial charge in [-0.3, -0.25) is 14.3 Å². The van der Waals surface area contributed by atoms with Gasteiger partial charge in [-0.05, 0) is 43.2 Å². The average molecular weight is 445 g/mol. The van der Waals surface area contributed by atoms with Crippen molar-refractivity contribution in [2.45, 2.75) is 26.3 Å². The second-order valence-electron chi connectivity index (χ2n) is 7.53. The Morgan fingerprint density at radius 1 is 1.16 bits per heavy atom. The third kappa shape index (κ3) is 4.27. The van der Waals surface area contributed by atoms with Crippen LogP contribution in [-0.2, 0) is 6.42 Å². The molecule has 0 radical (unpaired) electrons. The van der Waals surface area contributed by atoms with Gasteiger partial charge in [-0.2, -0.15) is 0 Å². The molecule has 0 aliphatic heterocycles. The van der Waals surface area contributed by atoms with Crippen LogP contribution in [0, 0.1) is 18.8 Å². The third-order valence-corrected chi connectivity index (χ3v) is 6.20. The average Bonchev–Trinajstić information content (AvgIpc) is 3.16. The molecule has 0 aliphatic carbocycles. The highest BCUT2D eigenvalue weighted by molar-refractivity contribution is 7.19. The fourth-order valence-corrected chi connectivity index (χ4v) is 4.46. The second kappa shape index (κ2) is 8.69. The van der Waals surface area contributed by atoms with E-state index in [1.807, 2.05) is 25.1 Å². The number of carboxylic acid groups (broad SMARTS) is 1. The third-order valence-electron chi connectivity index (χ3n) is 5.23. The van der Waals surface area contributed by atoms with Crippen molar-refractivity contribution >= 4 is 27.5 Å². The number of fused-ring (bicyclic) bond motifs is 1. The fourth-order valence-electron chi connectivity index (χ4n) is 3.54. The Balaban J connectivity index is 1.66. The minimum Gasteiger partial charge on any atom is -0.478 e. The van der Waals surface area contributed by atoms with Gasteiger partial charge in [0.1, 0.15) is 4.83 Å². The van der Waals surface area contributed by atoms with E-state index in [4.69, 9.17) is 5.11 Å². The van der Waals surface area contributed by atoms with Crippen molar-refractivity contribution in [3.63, 3.8) is 0 Å². The molecule has 0 fully saturated rings. The molecular formula is C25H20N2O4S. The minimum atomic E-state index is -1.03. The zero-order chi connectivity index (χ0) is 22.8. The number of H-pyrrole nitrogens is 1. The van der Waals surface area contributed by atoms with Crippen LogP contribution in [0.5, 0.6) is 0 Å². The molecule has 4 rings (SSSR count). The van der Waals surface area contributed by atoms with Gasteiger partial charge >= 0.3 is 11.7 Å². The Labute approximate surface area is 187 Å². The maximum atomic E-state index is 13.1. The van der Waals surface area contributed by atoms with Crippen LogP contribution < -0.4 is 11.2 Å². The molecule has 0 amide bonds. The number of nitrogens with one attached hydrogen (secondary N) is 1. The van der Waals surface area contributed by atoms with Gasteiger partial charge in [0.25, 0.3) is 5.56 Å². The fraction of sp³-hybridized carbons (Fsp3) is 0.160. The highest BCUT2D eigenvalue weighted by Crippen LogP contribution is 2.21. The van der Waals surface area contributed by atoms with Gasteiger partial charge in [-0.25, -0.2) is 9.59 Å². The number of aromatic amines is 1. The van der Waals surface area contributed by atoms with Gasteiger partial charge in [-0.15, -0.1) is 11.3 Å². The van der Waals surface area contributed by atoms with E-state index in [-0.39, 0.29) is 5.56 Å². The number of rotatable bonds is 4. The van der Waals surface area contributed by atoms with Crippen LogP contribution in [0.1, 0.15) is 44.9 Å². The van der Waals surface area contributed by atoms with Gasteiger partial charge in [0.2, 0.25) is 0 Å². The number of thiophene rings is 1. The molecule has 0 bridgehead atoms. The molecule has 6 nitrogen and oxygen atoms in total. The van der Waals surface area contributed by atoms with Crippen LogP contribution in [0.3, 0.4) is 0 Å².